The summed E-state index contributed by atoms with van der Waals surface area (Å²) in [6.45, 7) is -1.34. The van der Waals surface area contributed by atoms with Gasteiger partial charge in [0.05, 0.1) is 18.7 Å². The van der Waals surface area contributed by atoms with Crippen LogP contribution in [0.3, 0.4) is 0 Å². The van der Waals surface area contributed by atoms with Gasteiger partial charge in [0.2, 0.25) is 5.91 Å². The number of aliphatic hydroxyl groups excluding tert-OH is 2. The number of rotatable bonds is 9. The second-order valence-corrected chi connectivity index (χ2v) is 6.70. The van der Waals surface area contributed by atoms with Crippen LogP contribution in [0, 0.1) is 5.82 Å². The van der Waals surface area contributed by atoms with Crippen LogP contribution in [0.15, 0.2) is 66.7 Å². The number of amides is 1. The van der Waals surface area contributed by atoms with Crippen LogP contribution in [-0.4, -0.2) is 46.1 Å². The zero-order chi connectivity index (χ0) is 22.2. The van der Waals surface area contributed by atoms with E-state index in [1.807, 2.05) is 12.1 Å². The number of carbonyl (C=O) groups excluding carboxylic acids is 2. The number of hydrogen-bond donors (Lipinski definition) is 3. The fourth-order valence-electron chi connectivity index (χ4n) is 2.84. The molecule has 0 fully saturated rings. The maximum Gasteiger partial charge on any atom is 0.246 e. The molecule has 0 bridgehead atoms. The second-order valence-electron chi connectivity index (χ2n) is 6.70. The lowest BCUT2D eigenvalue weighted by atomic mass is 10.1. The quantitative estimate of drug-likeness (QED) is 0.486. The molecule has 0 spiro atoms. The number of benzene rings is 2. The lowest BCUT2D eigenvalue weighted by Crippen LogP contribution is -2.45. The average molecular weight is 424 g/mol. The van der Waals surface area contributed by atoms with Gasteiger partial charge in [-0.1, -0.05) is 6.07 Å². The number of nitrogens with one attached hydrogen (secondary N) is 1. The standard InChI is InChI=1S/C23H21FN2O5/c24-16-6-10-19(11-7-16)31-18-8-4-15(5-9-18)20-3-1-2-17(25-20)12-22(29)21(13-27)26-23(30)14-28/h1-11,21,27-28H,12-14H2,(H,26,30)/t21-/m0/s1. The minimum atomic E-state index is -1.10. The molecule has 1 amide bonds. The summed E-state index contributed by atoms with van der Waals surface area (Å²) in [4.78, 5) is 28.1. The number of pyridine rings is 1. The van der Waals surface area contributed by atoms with Crippen molar-refractivity contribution in [2.75, 3.05) is 13.2 Å². The Balaban J connectivity index is 1.68. The van der Waals surface area contributed by atoms with Gasteiger partial charge in [-0.15, -0.1) is 0 Å². The van der Waals surface area contributed by atoms with E-state index in [-0.39, 0.29) is 12.2 Å². The number of aliphatic hydroxyl groups is 2. The smallest absolute Gasteiger partial charge is 0.246 e. The number of Topliss-reactive ketones (excluding diaryl/α,β-unsaturated/α-hetero) is 1. The second kappa shape index (κ2) is 10.4. The predicted octanol–water partition coefficient (Wildman–Crippen LogP) is 2.26. The first-order valence-electron chi connectivity index (χ1n) is 9.52. The number of ketones is 1. The van der Waals surface area contributed by atoms with Crippen LogP contribution in [0.2, 0.25) is 0 Å². The number of hydrogen-bond acceptors (Lipinski definition) is 6. The highest BCUT2D eigenvalue weighted by Gasteiger charge is 2.20. The Labute approximate surface area is 178 Å². The van der Waals surface area contributed by atoms with E-state index in [0.29, 0.717) is 22.9 Å². The number of halogens is 1. The minimum Gasteiger partial charge on any atom is -0.457 e. The van der Waals surface area contributed by atoms with Crippen molar-refractivity contribution >= 4 is 11.7 Å². The summed E-state index contributed by atoms with van der Waals surface area (Å²) < 4.78 is 18.7. The van der Waals surface area contributed by atoms with Crippen LogP contribution >= 0.6 is 0 Å². The molecule has 31 heavy (non-hydrogen) atoms. The molecule has 1 heterocycles. The lowest BCUT2D eigenvalue weighted by Gasteiger charge is -2.14. The molecule has 1 aromatic heterocycles. The Morgan fingerprint density at radius 2 is 1.61 bits per heavy atom. The Bertz CT molecular complexity index is 1040. The summed E-state index contributed by atoms with van der Waals surface area (Å²) in [5, 5.41) is 20.4. The molecule has 3 rings (SSSR count). The summed E-state index contributed by atoms with van der Waals surface area (Å²) >= 11 is 0. The normalized spacial score (nSPS) is 11.6. The summed E-state index contributed by atoms with van der Waals surface area (Å²) in [5.74, 6) is -0.408. The summed E-state index contributed by atoms with van der Waals surface area (Å²) in [5.41, 5.74) is 1.91. The number of nitrogens with zero attached hydrogens (tertiary/aromatic N) is 1. The van der Waals surface area contributed by atoms with Crippen LogP contribution in [0.25, 0.3) is 11.3 Å². The molecule has 0 saturated carbocycles. The third kappa shape index (κ3) is 6.18. The van der Waals surface area contributed by atoms with Crippen molar-refractivity contribution in [2.24, 2.45) is 0 Å². The Hall–Kier alpha value is -3.62. The molecule has 0 unspecified atom stereocenters. The van der Waals surface area contributed by atoms with Crippen LogP contribution < -0.4 is 10.1 Å². The lowest BCUT2D eigenvalue weighted by molar-refractivity contribution is -0.130. The van der Waals surface area contributed by atoms with Crippen LogP contribution in [0.5, 0.6) is 11.5 Å². The van der Waals surface area contributed by atoms with E-state index in [1.54, 1.807) is 30.3 Å². The van der Waals surface area contributed by atoms with Crippen molar-refractivity contribution in [1.29, 1.82) is 0 Å². The minimum absolute atomic E-state index is 0.0868. The summed E-state index contributed by atoms with van der Waals surface area (Å²) in [6, 6.07) is 17.0. The van der Waals surface area contributed by atoms with Gasteiger partial charge in [-0.3, -0.25) is 14.6 Å². The number of carbonyl (C=O) groups is 2. The predicted molar refractivity (Wildman–Crippen MR) is 111 cm³/mol. The van der Waals surface area contributed by atoms with Crippen molar-refractivity contribution in [2.45, 2.75) is 12.5 Å². The molecular weight excluding hydrogens is 403 g/mol. The zero-order valence-electron chi connectivity index (χ0n) is 16.5. The number of ether oxygens (including phenoxy) is 1. The highest BCUT2D eigenvalue weighted by Crippen LogP contribution is 2.25. The van der Waals surface area contributed by atoms with E-state index < -0.39 is 30.9 Å². The monoisotopic (exact) mass is 424 g/mol. The molecule has 0 radical (unpaired) electrons. The maximum atomic E-state index is 13.0. The Morgan fingerprint density at radius 1 is 0.968 bits per heavy atom. The van der Waals surface area contributed by atoms with Gasteiger partial charge >= 0.3 is 0 Å². The van der Waals surface area contributed by atoms with E-state index in [9.17, 15) is 19.1 Å². The largest absolute Gasteiger partial charge is 0.457 e. The number of aromatic nitrogens is 1. The summed E-state index contributed by atoms with van der Waals surface area (Å²) in [7, 11) is 0. The van der Waals surface area contributed by atoms with Crippen LogP contribution in [0.4, 0.5) is 4.39 Å². The molecule has 0 aliphatic carbocycles. The summed E-state index contributed by atoms with van der Waals surface area (Å²) in [6.07, 6.45) is -0.0868. The highest BCUT2D eigenvalue weighted by molar-refractivity contribution is 5.90. The first-order chi connectivity index (χ1) is 15.0. The van der Waals surface area contributed by atoms with Crippen molar-refractivity contribution in [3.63, 3.8) is 0 Å². The van der Waals surface area contributed by atoms with Gasteiger partial charge in [0.1, 0.15) is 30.0 Å². The average Bonchev–Trinajstić information content (AvgIpc) is 2.79. The molecular formula is C23H21FN2O5. The topological polar surface area (TPSA) is 109 Å². The molecule has 8 heteroatoms. The third-order valence-electron chi connectivity index (χ3n) is 4.41. The highest BCUT2D eigenvalue weighted by atomic mass is 19.1. The van der Waals surface area contributed by atoms with Gasteiger partial charge in [-0.05, 0) is 60.7 Å². The first kappa shape index (κ1) is 22.1. The Kier molecular flexibility index (Phi) is 7.42. The van der Waals surface area contributed by atoms with E-state index >= 15 is 0 Å². The Morgan fingerprint density at radius 3 is 2.23 bits per heavy atom. The molecule has 3 aromatic rings. The zero-order valence-corrected chi connectivity index (χ0v) is 16.5. The van der Waals surface area contributed by atoms with Crippen LogP contribution in [0.1, 0.15) is 5.69 Å². The van der Waals surface area contributed by atoms with Gasteiger partial charge < -0.3 is 20.3 Å². The van der Waals surface area contributed by atoms with E-state index in [0.717, 1.165) is 5.56 Å². The maximum absolute atomic E-state index is 13.0. The van der Waals surface area contributed by atoms with Crippen molar-refractivity contribution in [1.82, 2.24) is 10.3 Å². The van der Waals surface area contributed by atoms with E-state index in [2.05, 4.69) is 10.3 Å². The third-order valence-corrected chi connectivity index (χ3v) is 4.41. The molecule has 0 aliphatic heterocycles. The van der Waals surface area contributed by atoms with E-state index in [4.69, 9.17) is 9.84 Å². The van der Waals surface area contributed by atoms with Crippen molar-refractivity contribution in [3.8, 4) is 22.8 Å². The molecule has 7 nitrogen and oxygen atoms in total. The van der Waals surface area contributed by atoms with Gasteiger partial charge in [0, 0.05) is 11.3 Å². The fraction of sp³-hybridized carbons (Fsp3) is 0.174. The van der Waals surface area contributed by atoms with Gasteiger partial charge in [-0.25, -0.2) is 4.39 Å². The fourth-order valence-corrected chi connectivity index (χ4v) is 2.84. The van der Waals surface area contributed by atoms with E-state index in [1.165, 1.54) is 24.3 Å². The molecule has 0 saturated heterocycles. The molecule has 2 aromatic carbocycles. The van der Waals surface area contributed by atoms with Gasteiger partial charge in [-0.2, -0.15) is 0 Å². The molecule has 160 valence electrons. The van der Waals surface area contributed by atoms with Crippen LogP contribution in [-0.2, 0) is 16.0 Å². The van der Waals surface area contributed by atoms with Crippen molar-refractivity contribution in [3.05, 3.63) is 78.2 Å². The van der Waals surface area contributed by atoms with Gasteiger partial charge in [0.25, 0.3) is 0 Å². The molecule has 3 N–H and O–H groups in total. The van der Waals surface area contributed by atoms with Gasteiger partial charge in [0.15, 0.2) is 5.78 Å². The first-order valence-corrected chi connectivity index (χ1v) is 9.52. The molecule has 1 atom stereocenters. The van der Waals surface area contributed by atoms with Crippen molar-refractivity contribution < 1.29 is 28.9 Å². The SMILES string of the molecule is O=C(CO)N[C@@H](CO)C(=O)Cc1cccc(-c2ccc(Oc3ccc(F)cc3)cc2)n1. The molecule has 0 aliphatic rings.